The number of carbonyl (C=O) groups is 3. The molecule has 0 rings (SSSR count). The molecule has 4 nitrogen and oxygen atoms in total. The summed E-state index contributed by atoms with van der Waals surface area (Å²) in [5, 5.41) is 0. The third-order valence-electron chi connectivity index (χ3n) is 4.82. The first kappa shape index (κ1) is 29.5. The summed E-state index contributed by atoms with van der Waals surface area (Å²) in [5.41, 5.74) is 4.05. The van der Waals surface area contributed by atoms with Crippen molar-refractivity contribution in [1.29, 1.82) is 0 Å². The summed E-state index contributed by atoms with van der Waals surface area (Å²) in [6.07, 6.45) is 11.6. The normalized spacial score (nSPS) is 12.6. The van der Waals surface area contributed by atoms with E-state index >= 15 is 0 Å². The van der Waals surface area contributed by atoms with Crippen LogP contribution in [0, 0.1) is 0 Å². The summed E-state index contributed by atoms with van der Waals surface area (Å²) >= 11 is 0. The Kier molecular flexibility index (Phi) is 14.9. The van der Waals surface area contributed by atoms with Crippen LogP contribution in [-0.2, 0) is 19.1 Å². The highest BCUT2D eigenvalue weighted by molar-refractivity contribution is 6.35. The Bertz CT molecular complexity index is 808. The minimum atomic E-state index is -0.669. The van der Waals surface area contributed by atoms with Gasteiger partial charge in [-0.2, -0.15) is 0 Å². The van der Waals surface area contributed by atoms with Crippen molar-refractivity contribution in [2.45, 2.75) is 93.9 Å². The average Bonchev–Trinajstić information content (AvgIpc) is 2.68. The molecule has 0 aliphatic heterocycles. The van der Waals surface area contributed by atoms with E-state index in [0.29, 0.717) is 18.4 Å². The fourth-order valence-corrected chi connectivity index (χ4v) is 3.08. The van der Waals surface area contributed by atoms with E-state index in [4.69, 9.17) is 4.74 Å². The van der Waals surface area contributed by atoms with Crippen LogP contribution in [0.4, 0.5) is 0 Å². The van der Waals surface area contributed by atoms with Crippen LogP contribution >= 0.6 is 0 Å². The first-order valence-electron chi connectivity index (χ1n) is 11.6. The molecule has 0 fully saturated rings. The molecule has 0 spiro atoms. The van der Waals surface area contributed by atoms with Crippen LogP contribution in [-0.4, -0.2) is 24.1 Å². The maximum absolute atomic E-state index is 13.4. The molecule has 0 aliphatic rings. The van der Waals surface area contributed by atoms with Crippen molar-refractivity contribution in [3.8, 4) is 0 Å². The van der Waals surface area contributed by atoms with Gasteiger partial charge in [0.25, 0.3) is 0 Å². The van der Waals surface area contributed by atoms with Crippen LogP contribution < -0.4 is 0 Å². The Morgan fingerprint density at radius 1 is 0.750 bits per heavy atom. The molecule has 0 aromatic heterocycles. The minimum Gasteiger partial charge on any atom is -0.462 e. The van der Waals surface area contributed by atoms with Gasteiger partial charge in [-0.3, -0.25) is 9.59 Å². The molecule has 0 radical (unpaired) electrons. The molecule has 0 unspecified atom stereocenters. The van der Waals surface area contributed by atoms with Crippen molar-refractivity contribution < 1.29 is 19.1 Å². The van der Waals surface area contributed by atoms with E-state index in [9.17, 15) is 14.4 Å². The summed E-state index contributed by atoms with van der Waals surface area (Å²) in [6, 6.07) is 0. The fraction of sp³-hybridized carbons (Fsp3) is 0.536. The van der Waals surface area contributed by atoms with Crippen LogP contribution in [0.25, 0.3) is 0 Å². The highest BCUT2D eigenvalue weighted by atomic mass is 16.5. The van der Waals surface area contributed by atoms with Crippen molar-refractivity contribution in [1.82, 2.24) is 0 Å². The molecule has 0 saturated heterocycles. The molecular weight excluding hydrogens is 400 g/mol. The van der Waals surface area contributed by atoms with E-state index in [-0.39, 0.29) is 23.5 Å². The molecule has 32 heavy (non-hydrogen) atoms. The molecule has 0 aromatic carbocycles. The predicted octanol–water partition coefficient (Wildman–Crippen LogP) is 7.17. The summed E-state index contributed by atoms with van der Waals surface area (Å²) in [6.45, 7) is 15.7. The molecule has 0 heterocycles. The molecule has 0 aromatic rings. The molecule has 0 bridgehead atoms. The third-order valence-corrected chi connectivity index (χ3v) is 4.82. The van der Waals surface area contributed by atoms with Gasteiger partial charge in [0.1, 0.15) is 5.57 Å². The lowest BCUT2D eigenvalue weighted by atomic mass is 9.91. The number of allylic oxidation sites excluding steroid dienone is 9. The first-order valence-corrected chi connectivity index (χ1v) is 11.6. The van der Waals surface area contributed by atoms with Crippen LogP contribution in [0.2, 0.25) is 0 Å². The van der Waals surface area contributed by atoms with E-state index in [1.807, 2.05) is 41.5 Å². The van der Waals surface area contributed by atoms with Gasteiger partial charge in [-0.25, -0.2) is 4.79 Å². The quantitative estimate of drug-likeness (QED) is 0.0940. The van der Waals surface area contributed by atoms with Crippen molar-refractivity contribution in [2.75, 3.05) is 6.61 Å². The Hall–Kier alpha value is -2.49. The monoisotopic (exact) mass is 442 g/mol. The Balaban J connectivity index is 6.17. The second-order valence-corrected chi connectivity index (χ2v) is 8.61. The lowest BCUT2D eigenvalue weighted by Crippen LogP contribution is -2.22. The zero-order valence-corrected chi connectivity index (χ0v) is 21.4. The van der Waals surface area contributed by atoms with E-state index in [1.165, 1.54) is 11.1 Å². The van der Waals surface area contributed by atoms with Crippen molar-refractivity contribution in [3.63, 3.8) is 0 Å². The highest BCUT2D eigenvalue weighted by Gasteiger charge is 2.27. The molecule has 0 amide bonds. The number of rotatable bonds is 14. The summed E-state index contributed by atoms with van der Waals surface area (Å²) in [5.74, 6) is -1.55. The standard InChI is InChI=1S/C28H42O4/c1-9-11-18-24(28(31)32-10-2)27(30)26(23(8)17-13-15-21(5)6)25(29)19-22(7)16-12-14-20(3)4/h14-15,18-19H,9-13,16-17H2,1-8H3/b22-19+,24-18-,26-23+. The van der Waals surface area contributed by atoms with E-state index in [1.54, 1.807) is 26.0 Å². The second kappa shape index (κ2) is 16.2. The molecule has 0 N–H and O–H groups in total. The van der Waals surface area contributed by atoms with Gasteiger partial charge >= 0.3 is 5.97 Å². The number of esters is 1. The second-order valence-electron chi connectivity index (χ2n) is 8.61. The molecule has 0 atom stereocenters. The first-order chi connectivity index (χ1) is 15.0. The topological polar surface area (TPSA) is 60.4 Å². The highest BCUT2D eigenvalue weighted by Crippen LogP contribution is 2.21. The zero-order valence-electron chi connectivity index (χ0n) is 21.4. The van der Waals surface area contributed by atoms with E-state index < -0.39 is 11.8 Å². The van der Waals surface area contributed by atoms with Gasteiger partial charge < -0.3 is 4.74 Å². The van der Waals surface area contributed by atoms with Crippen molar-refractivity contribution in [3.05, 3.63) is 57.7 Å². The van der Waals surface area contributed by atoms with Crippen molar-refractivity contribution >= 4 is 17.5 Å². The van der Waals surface area contributed by atoms with Gasteiger partial charge in [0.2, 0.25) is 5.78 Å². The van der Waals surface area contributed by atoms with Gasteiger partial charge in [-0.1, -0.05) is 53.9 Å². The van der Waals surface area contributed by atoms with Crippen LogP contribution in [0.3, 0.4) is 0 Å². The number of ketones is 2. The third kappa shape index (κ3) is 11.8. The Labute approximate surface area is 195 Å². The zero-order chi connectivity index (χ0) is 24.7. The van der Waals surface area contributed by atoms with Gasteiger partial charge in [0, 0.05) is 0 Å². The molecule has 4 heteroatoms. The van der Waals surface area contributed by atoms with Crippen molar-refractivity contribution in [2.24, 2.45) is 0 Å². The SMILES string of the molecule is CCC/C=C(\C(=O)OCC)C(=O)/C(C(=O)/C=C(\C)CCC=C(C)C)=C(\C)CCC=C(C)C. The van der Waals surface area contributed by atoms with Gasteiger partial charge in [-0.15, -0.1) is 0 Å². The number of Topliss-reactive ketones (excluding diaryl/α,β-unsaturated/α-hetero) is 1. The lowest BCUT2D eigenvalue weighted by Gasteiger charge is -2.12. The number of hydrogen-bond acceptors (Lipinski definition) is 4. The van der Waals surface area contributed by atoms with Crippen LogP contribution in [0.15, 0.2) is 57.7 Å². The Morgan fingerprint density at radius 2 is 1.31 bits per heavy atom. The maximum Gasteiger partial charge on any atom is 0.341 e. The molecule has 0 saturated carbocycles. The summed E-state index contributed by atoms with van der Waals surface area (Å²) in [7, 11) is 0. The largest absolute Gasteiger partial charge is 0.462 e. The van der Waals surface area contributed by atoms with E-state index in [0.717, 1.165) is 31.3 Å². The summed E-state index contributed by atoms with van der Waals surface area (Å²) in [4.78, 5) is 39.1. The van der Waals surface area contributed by atoms with E-state index in [2.05, 4.69) is 12.2 Å². The maximum atomic E-state index is 13.4. The number of carbonyl (C=O) groups excluding carboxylic acids is 3. The fourth-order valence-electron chi connectivity index (χ4n) is 3.08. The number of ether oxygens (including phenoxy) is 1. The predicted molar refractivity (Wildman–Crippen MR) is 133 cm³/mol. The van der Waals surface area contributed by atoms with Crippen LogP contribution in [0.5, 0.6) is 0 Å². The van der Waals surface area contributed by atoms with Gasteiger partial charge in [0.05, 0.1) is 12.2 Å². The van der Waals surface area contributed by atoms with Gasteiger partial charge in [0.15, 0.2) is 5.78 Å². The molecule has 178 valence electrons. The number of unbranched alkanes of at least 4 members (excludes halogenated alkanes) is 1. The lowest BCUT2D eigenvalue weighted by molar-refractivity contribution is -0.139. The average molecular weight is 443 g/mol. The minimum absolute atomic E-state index is 0.0470. The summed E-state index contributed by atoms with van der Waals surface area (Å²) < 4.78 is 5.11. The van der Waals surface area contributed by atoms with Crippen LogP contribution in [0.1, 0.15) is 93.9 Å². The molecule has 0 aliphatic carbocycles. The number of hydrogen-bond donors (Lipinski definition) is 0. The smallest absolute Gasteiger partial charge is 0.341 e. The molecular formula is C28H42O4. The Morgan fingerprint density at radius 3 is 1.81 bits per heavy atom. The van der Waals surface area contributed by atoms with Gasteiger partial charge in [-0.05, 0) is 86.6 Å².